The predicted molar refractivity (Wildman–Crippen MR) is 231 cm³/mol. The maximum atomic E-state index is 6.30. The summed E-state index contributed by atoms with van der Waals surface area (Å²) in [6, 6.07) is 61.0. The fraction of sp³-hybridized carbons (Fsp3) is 0. The first-order valence-electron chi connectivity index (χ1n) is 18.1. The third kappa shape index (κ3) is 4.64. The molecule has 4 heterocycles. The molecule has 0 aliphatic heterocycles. The van der Waals surface area contributed by atoms with E-state index in [0.717, 1.165) is 44.6 Å². The van der Waals surface area contributed by atoms with Gasteiger partial charge in [0.2, 0.25) is 0 Å². The molecule has 0 spiro atoms. The van der Waals surface area contributed by atoms with E-state index in [9.17, 15) is 0 Å². The molecule has 0 N–H and O–H groups in total. The van der Waals surface area contributed by atoms with Gasteiger partial charge >= 0.3 is 0 Å². The second kappa shape index (κ2) is 11.5. The van der Waals surface area contributed by atoms with Gasteiger partial charge in [0.25, 0.3) is 0 Å². The van der Waals surface area contributed by atoms with E-state index < -0.39 is 0 Å². The van der Waals surface area contributed by atoms with Crippen LogP contribution in [0.5, 0.6) is 0 Å². The zero-order chi connectivity index (χ0) is 35.3. The van der Waals surface area contributed by atoms with Crippen LogP contribution < -0.4 is 0 Å². The van der Waals surface area contributed by atoms with Crippen LogP contribution in [-0.2, 0) is 0 Å². The van der Waals surface area contributed by atoms with E-state index in [-0.39, 0.29) is 0 Å². The van der Waals surface area contributed by atoms with E-state index in [2.05, 4.69) is 170 Å². The van der Waals surface area contributed by atoms with Gasteiger partial charge in [0.15, 0.2) is 0 Å². The van der Waals surface area contributed by atoms with Crippen molar-refractivity contribution < 1.29 is 8.83 Å². The fourth-order valence-electron chi connectivity index (χ4n) is 8.14. The molecular formula is C50H28O2S2. The maximum Gasteiger partial charge on any atom is 0.135 e. The highest BCUT2D eigenvalue weighted by Gasteiger charge is 2.16. The minimum Gasteiger partial charge on any atom is -0.456 e. The van der Waals surface area contributed by atoms with Gasteiger partial charge in [-0.3, -0.25) is 0 Å². The predicted octanol–water partition coefficient (Wildman–Crippen LogP) is 15.7. The first-order valence-corrected chi connectivity index (χ1v) is 19.8. The summed E-state index contributed by atoms with van der Waals surface area (Å²) in [5.41, 5.74) is 8.86. The Kier molecular flexibility index (Phi) is 6.41. The van der Waals surface area contributed by atoms with Gasteiger partial charge in [0, 0.05) is 42.1 Å². The molecule has 0 saturated heterocycles. The molecule has 0 atom stereocenters. The lowest BCUT2D eigenvalue weighted by molar-refractivity contribution is 0.631. The molecule has 54 heavy (non-hydrogen) atoms. The van der Waals surface area contributed by atoms with Crippen LogP contribution in [0.2, 0.25) is 0 Å². The van der Waals surface area contributed by atoms with Crippen LogP contribution in [-0.4, -0.2) is 0 Å². The molecule has 12 aromatic rings. The molecule has 252 valence electrons. The molecule has 4 aromatic heterocycles. The van der Waals surface area contributed by atoms with Crippen molar-refractivity contribution in [2.24, 2.45) is 0 Å². The molecule has 0 aliphatic rings. The van der Waals surface area contributed by atoms with Crippen molar-refractivity contribution in [3.05, 3.63) is 170 Å². The lowest BCUT2D eigenvalue weighted by atomic mass is 10.0. The van der Waals surface area contributed by atoms with Crippen molar-refractivity contribution >= 4 is 95.7 Å². The average molecular weight is 725 g/mol. The highest BCUT2D eigenvalue weighted by Crippen LogP contribution is 2.46. The number of furan rings is 2. The third-order valence-corrected chi connectivity index (χ3v) is 13.4. The number of hydrogen-bond acceptors (Lipinski definition) is 4. The lowest BCUT2D eigenvalue weighted by Gasteiger charge is -2.04. The Balaban J connectivity index is 0.831. The minimum atomic E-state index is 0.894. The van der Waals surface area contributed by atoms with Crippen LogP contribution in [0, 0.1) is 0 Å². The molecule has 8 aromatic carbocycles. The molecule has 0 unspecified atom stereocenters. The van der Waals surface area contributed by atoms with Crippen molar-refractivity contribution in [2.45, 2.75) is 0 Å². The summed E-state index contributed by atoms with van der Waals surface area (Å²) in [5.74, 6) is 1.79. The number of hydrogen-bond donors (Lipinski definition) is 0. The van der Waals surface area contributed by atoms with Gasteiger partial charge in [0.1, 0.15) is 22.7 Å². The van der Waals surface area contributed by atoms with Gasteiger partial charge < -0.3 is 8.83 Å². The number of thiophene rings is 2. The second-order valence-corrected chi connectivity index (χ2v) is 16.2. The number of benzene rings is 8. The Labute approximate surface area is 317 Å². The molecule has 0 aliphatic carbocycles. The van der Waals surface area contributed by atoms with Crippen LogP contribution in [0.1, 0.15) is 0 Å². The molecular weight excluding hydrogens is 697 g/mol. The van der Waals surface area contributed by atoms with E-state index >= 15 is 0 Å². The Morgan fingerprint density at radius 3 is 1.17 bits per heavy atom. The number of rotatable bonds is 4. The molecule has 0 radical (unpaired) electrons. The van der Waals surface area contributed by atoms with Gasteiger partial charge in [-0.05, 0) is 80.2 Å². The molecule has 0 amide bonds. The van der Waals surface area contributed by atoms with Crippen molar-refractivity contribution in [2.75, 3.05) is 0 Å². The van der Waals surface area contributed by atoms with Crippen LogP contribution in [0.3, 0.4) is 0 Å². The second-order valence-electron chi connectivity index (χ2n) is 14.1. The van der Waals surface area contributed by atoms with E-state index in [1.165, 1.54) is 73.4 Å². The first kappa shape index (κ1) is 30.0. The van der Waals surface area contributed by atoms with Crippen molar-refractivity contribution in [1.29, 1.82) is 0 Å². The summed E-state index contributed by atoms with van der Waals surface area (Å²) in [4.78, 5) is 0. The molecule has 12 rings (SSSR count). The fourth-order valence-corrected chi connectivity index (χ4v) is 10.9. The van der Waals surface area contributed by atoms with E-state index in [0.29, 0.717) is 0 Å². The standard InChI is InChI=1S/C50H28O2S2/c1-3-7-37-31(5-1)19-23-43-41(37)27-45(51-43)33-13-9-29(10-14-33)35-17-21-39-47(25-35)53-50-40-22-18-36(26-48(40)54-49(39)50)30-11-15-34(16-12-30)46-28-42-38-8-4-2-6-32(38)20-24-44(42)52-46/h1-28H. The molecule has 0 bridgehead atoms. The summed E-state index contributed by atoms with van der Waals surface area (Å²) in [6.45, 7) is 0. The highest BCUT2D eigenvalue weighted by molar-refractivity contribution is 7.36. The Hall–Kier alpha value is -6.46. The van der Waals surface area contributed by atoms with Gasteiger partial charge in [0.05, 0.1) is 9.40 Å². The van der Waals surface area contributed by atoms with Gasteiger partial charge in [-0.15, -0.1) is 22.7 Å². The Morgan fingerprint density at radius 2 is 0.704 bits per heavy atom. The average Bonchev–Trinajstić information content (AvgIpc) is 4.02. The van der Waals surface area contributed by atoms with Gasteiger partial charge in [-0.25, -0.2) is 0 Å². The normalized spacial score (nSPS) is 12.1. The molecule has 0 fully saturated rings. The summed E-state index contributed by atoms with van der Waals surface area (Å²) < 4.78 is 18.0. The summed E-state index contributed by atoms with van der Waals surface area (Å²) in [5, 5.41) is 9.86. The maximum absolute atomic E-state index is 6.30. The van der Waals surface area contributed by atoms with Crippen molar-refractivity contribution in [1.82, 2.24) is 0 Å². The van der Waals surface area contributed by atoms with Crippen LogP contribution in [0.4, 0.5) is 0 Å². The molecule has 2 nitrogen and oxygen atoms in total. The summed E-state index contributed by atoms with van der Waals surface area (Å²) in [6.07, 6.45) is 0. The topological polar surface area (TPSA) is 26.3 Å². The Morgan fingerprint density at radius 1 is 0.296 bits per heavy atom. The zero-order valence-electron chi connectivity index (χ0n) is 28.8. The molecule has 4 heteroatoms. The first-order chi connectivity index (χ1) is 26.7. The SMILES string of the molecule is c1ccc2c(c1)ccc1oc(-c3ccc(-c4ccc5c(c4)sc4c6ccc(-c7ccc(-c8cc9c(ccc%10ccccc%109)o8)cc7)cc6sc54)cc3)cc12. The van der Waals surface area contributed by atoms with E-state index in [1.54, 1.807) is 0 Å². The largest absolute Gasteiger partial charge is 0.456 e. The van der Waals surface area contributed by atoms with Gasteiger partial charge in [-0.1, -0.05) is 133 Å². The smallest absolute Gasteiger partial charge is 0.135 e. The van der Waals surface area contributed by atoms with Crippen molar-refractivity contribution in [3.63, 3.8) is 0 Å². The van der Waals surface area contributed by atoms with Crippen molar-refractivity contribution in [3.8, 4) is 44.9 Å². The van der Waals surface area contributed by atoms with E-state index in [1.807, 2.05) is 22.7 Å². The highest BCUT2D eigenvalue weighted by atomic mass is 32.1. The number of fused-ring (bicyclic) bond motifs is 11. The summed E-state index contributed by atoms with van der Waals surface area (Å²) in [7, 11) is 0. The van der Waals surface area contributed by atoms with E-state index in [4.69, 9.17) is 8.83 Å². The quantitative estimate of drug-likeness (QED) is 0.181. The Bertz CT molecular complexity index is 3200. The zero-order valence-corrected chi connectivity index (χ0v) is 30.4. The minimum absolute atomic E-state index is 0.894. The van der Waals surface area contributed by atoms with Gasteiger partial charge in [-0.2, -0.15) is 0 Å². The monoisotopic (exact) mass is 724 g/mol. The van der Waals surface area contributed by atoms with Crippen LogP contribution >= 0.6 is 22.7 Å². The molecule has 0 saturated carbocycles. The third-order valence-electron chi connectivity index (χ3n) is 10.9. The van der Waals surface area contributed by atoms with Crippen LogP contribution in [0.15, 0.2) is 179 Å². The summed E-state index contributed by atoms with van der Waals surface area (Å²) >= 11 is 3.80. The van der Waals surface area contributed by atoms with Crippen LogP contribution in [0.25, 0.3) is 118 Å². The lowest BCUT2D eigenvalue weighted by Crippen LogP contribution is -1.79.